The highest BCUT2D eigenvalue weighted by atomic mass is 17.2. The van der Waals surface area contributed by atoms with Crippen LogP contribution < -0.4 is 11.4 Å². The summed E-state index contributed by atoms with van der Waals surface area (Å²) in [6, 6.07) is 9.39. The number of hydrogen-bond donors (Lipinski definition) is 0. The van der Waals surface area contributed by atoms with E-state index in [9.17, 15) is 9.59 Å². The van der Waals surface area contributed by atoms with E-state index in [0.29, 0.717) is 29.4 Å². The molecule has 2 unspecified atom stereocenters. The Morgan fingerprint density at radius 3 is 1.85 bits per heavy atom. The van der Waals surface area contributed by atoms with Crippen LogP contribution in [0.2, 0.25) is 0 Å². The molecule has 2 aromatic rings. The summed E-state index contributed by atoms with van der Waals surface area (Å²) in [6.07, 6.45) is 4.08. The van der Waals surface area contributed by atoms with E-state index in [4.69, 9.17) is 9.78 Å². The summed E-state index contributed by atoms with van der Waals surface area (Å²) < 4.78 is 4.97. The maximum atomic E-state index is 13.5. The molecule has 10 atom stereocenters. The Kier molecular flexibility index (Phi) is 1.57. The first-order chi connectivity index (χ1) is 13.3. The summed E-state index contributed by atoms with van der Waals surface area (Å²) in [6.45, 7) is 0. The van der Waals surface area contributed by atoms with Gasteiger partial charge in [0.25, 0.3) is 0 Å². The molecule has 7 heteroatoms. The molecule has 4 bridgehead atoms. The monoisotopic (exact) mass is 361 g/mol. The molecule has 27 heavy (non-hydrogen) atoms. The largest absolute Gasteiger partial charge is 0.352 e. The topological polar surface area (TPSA) is 67.4 Å². The highest BCUT2D eigenvalue weighted by Crippen LogP contribution is 3.05. The first-order valence-electron chi connectivity index (χ1n) is 9.77. The second-order valence-corrected chi connectivity index (χ2v) is 9.31. The van der Waals surface area contributed by atoms with Crippen molar-refractivity contribution in [2.75, 3.05) is 0 Å². The van der Waals surface area contributed by atoms with Crippen LogP contribution in [0.3, 0.4) is 0 Å². The fourth-order valence-corrected chi connectivity index (χ4v) is 8.98. The van der Waals surface area contributed by atoms with E-state index in [2.05, 4.69) is 12.2 Å². The first-order valence-corrected chi connectivity index (χ1v) is 9.77. The maximum absolute atomic E-state index is 13.5. The smallest absolute Gasteiger partial charge is 0.245 e. The lowest BCUT2D eigenvalue weighted by molar-refractivity contribution is -0.403. The van der Waals surface area contributed by atoms with Crippen molar-refractivity contribution in [3.8, 4) is 5.69 Å². The van der Waals surface area contributed by atoms with Gasteiger partial charge in [0.15, 0.2) is 0 Å². The summed E-state index contributed by atoms with van der Waals surface area (Å²) >= 11 is 0. The quantitative estimate of drug-likeness (QED) is 0.553. The van der Waals surface area contributed by atoms with Crippen molar-refractivity contribution in [1.29, 1.82) is 0 Å². The molecule has 0 radical (unpaired) electrons. The molecule has 0 N–H and O–H groups in total. The molecule has 0 amide bonds. The minimum absolute atomic E-state index is 0.0431. The van der Waals surface area contributed by atoms with E-state index >= 15 is 0 Å². The third-order valence-electron chi connectivity index (χ3n) is 9.19. The van der Waals surface area contributed by atoms with Crippen molar-refractivity contribution in [2.45, 2.75) is 24.3 Å². The number of rotatable bonds is 1. The number of fused-ring (bicyclic) bond motifs is 1. The second kappa shape index (κ2) is 3.29. The Labute approximate surface area is 152 Å². The zero-order valence-electron chi connectivity index (χ0n) is 14.1. The molecule has 5 aliphatic carbocycles. The summed E-state index contributed by atoms with van der Waals surface area (Å²) in [7, 11) is 0. The minimum atomic E-state index is -0.202. The van der Waals surface area contributed by atoms with Crippen LogP contribution in [0.25, 0.3) is 5.69 Å². The minimum Gasteiger partial charge on any atom is -0.245 e. The number of nitrogens with zero attached hydrogens (tertiary/aromatic N) is 3. The van der Waals surface area contributed by atoms with E-state index in [1.54, 1.807) is 0 Å². The van der Waals surface area contributed by atoms with Crippen LogP contribution in [-0.2, 0) is 9.78 Å². The molecule has 1 aromatic heterocycles. The number of hydrogen-bond acceptors (Lipinski definition) is 4. The Hall–Kier alpha value is -2.38. The first kappa shape index (κ1) is 12.9. The highest BCUT2D eigenvalue weighted by molar-refractivity contribution is 5.55. The molecule has 134 valence electrons. The van der Waals surface area contributed by atoms with Gasteiger partial charge in [-0.1, -0.05) is 30.4 Å². The molecule has 4 aliphatic heterocycles. The number of aromatic nitrogens is 3. The Morgan fingerprint density at radius 1 is 0.778 bits per heavy atom. The molecular weight excluding hydrogens is 346 g/mol. The number of benzene rings is 1. The van der Waals surface area contributed by atoms with E-state index in [0.717, 1.165) is 0 Å². The lowest BCUT2D eigenvalue weighted by atomic mass is 9.64. The zero-order valence-corrected chi connectivity index (χ0v) is 14.1. The SMILES string of the molecule is O=c1n(-c2ccccc2)c(=O)n2n1[C@@H]1[C@H]3C4C5[C@]16[C@@H]1C=C[C@H](OO1)[C@@]56[C@H]2[C@H]43. The van der Waals surface area contributed by atoms with E-state index < -0.39 is 0 Å². The fourth-order valence-electron chi connectivity index (χ4n) is 8.98. The van der Waals surface area contributed by atoms with E-state index in [-0.39, 0.29) is 46.5 Å². The molecular formula is C20H15N3O4. The molecule has 9 aliphatic rings. The van der Waals surface area contributed by atoms with Crippen molar-refractivity contribution in [1.82, 2.24) is 13.9 Å². The van der Waals surface area contributed by atoms with Gasteiger partial charge in [0, 0.05) is 10.8 Å². The summed E-state index contributed by atoms with van der Waals surface area (Å²) in [5.41, 5.74) is 0.152. The summed E-state index contributed by atoms with van der Waals surface area (Å²) in [5.74, 6) is 2.22. The predicted molar refractivity (Wildman–Crippen MR) is 90.1 cm³/mol. The van der Waals surface area contributed by atoms with Gasteiger partial charge in [0.05, 0.1) is 17.8 Å². The standard InChI is InChI=1S/C20H15N3O4/c24-17-21(8-4-2-1-3-5-8)18(25)23-16-13-11-12(13)15(22(17)23)19-9-6-7-10(27-26-9)20(16,19)14(11)19/h1-7,9-16H/t9-,10-,11?,12-,13+,14?,15+,16+,19+,20-/m0/s1. The Bertz CT molecular complexity index is 1180. The van der Waals surface area contributed by atoms with Crippen LogP contribution in [-0.4, -0.2) is 26.1 Å². The van der Waals surface area contributed by atoms with Gasteiger partial charge in [-0.2, -0.15) is 0 Å². The van der Waals surface area contributed by atoms with Crippen LogP contribution >= 0.6 is 0 Å². The Balaban J connectivity index is 1.41. The van der Waals surface area contributed by atoms with Gasteiger partial charge in [0.2, 0.25) is 0 Å². The van der Waals surface area contributed by atoms with Gasteiger partial charge >= 0.3 is 11.4 Å². The van der Waals surface area contributed by atoms with Gasteiger partial charge in [-0.05, 0) is 35.8 Å². The van der Waals surface area contributed by atoms with Gasteiger partial charge in [-0.3, -0.25) is 0 Å². The zero-order chi connectivity index (χ0) is 17.4. The van der Waals surface area contributed by atoms with Crippen molar-refractivity contribution < 1.29 is 9.78 Å². The van der Waals surface area contributed by atoms with Crippen LogP contribution in [0.1, 0.15) is 12.1 Å². The normalized spacial score (nSPS) is 54.8. The maximum Gasteiger partial charge on any atom is 0.352 e. The molecule has 5 fully saturated rings. The van der Waals surface area contributed by atoms with Crippen LogP contribution in [0.5, 0.6) is 0 Å². The molecule has 11 rings (SSSR count). The van der Waals surface area contributed by atoms with E-state index in [1.165, 1.54) is 4.57 Å². The van der Waals surface area contributed by atoms with Crippen molar-refractivity contribution >= 4 is 0 Å². The average Bonchev–Trinajstić information content (AvgIpc) is 3.50. The summed E-state index contributed by atoms with van der Waals surface area (Å²) in [5, 5.41) is 0. The van der Waals surface area contributed by atoms with Gasteiger partial charge < -0.3 is 0 Å². The third kappa shape index (κ3) is 0.870. The molecule has 4 saturated carbocycles. The molecule has 7 nitrogen and oxygen atoms in total. The third-order valence-corrected chi connectivity index (χ3v) is 9.19. The molecule has 5 heterocycles. The molecule has 1 aromatic carbocycles. The van der Waals surface area contributed by atoms with Crippen molar-refractivity contribution in [3.05, 3.63) is 63.5 Å². The number of para-hydroxylation sites is 1. The van der Waals surface area contributed by atoms with Gasteiger partial charge in [-0.15, -0.1) is 0 Å². The van der Waals surface area contributed by atoms with Crippen molar-refractivity contribution in [2.24, 2.45) is 34.5 Å². The van der Waals surface area contributed by atoms with Crippen LogP contribution in [0.15, 0.2) is 52.1 Å². The molecule has 1 saturated heterocycles. The second-order valence-electron chi connectivity index (χ2n) is 9.31. The fraction of sp³-hybridized carbons (Fsp3) is 0.500. The Morgan fingerprint density at radius 2 is 1.33 bits per heavy atom. The van der Waals surface area contributed by atoms with Crippen LogP contribution in [0.4, 0.5) is 0 Å². The van der Waals surface area contributed by atoms with Gasteiger partial charge in [-0.25, -0.2) is 33.3 Å². The lowest BCUT2D eigenvalue weighted by Gasteiger charge is -2.55. The average molecular weight is 361 g/mol. The van der Waals surface area contributed by atoms with Crippen molar-refractivity contribution in [3.63, 3.8) is 0 Å². The van der Waals surface area contributed by atoms with Crippen LogP contribution in [0, 0.1) is 34.5 Å². The summed E-state index contributed by atoms with van der Waals surface area (Å²) in [4.78, 5) is 38.4. The predicted octanol–water partition coefficient (Wildman–Crippen LogP) is 0.657. The van der Waals surface area contributed by atoms with E-state index in [1.807, 2.05) is 39.7 Å². The lowest BCUT2D eigenvalue weighted by Crippen LogP contribution is -2.62. The molecule has 2 spiro atoms. The highest BCUT2D eigenvalue weighted by Gasteiger charge is 3.07. The van der Waals surface area contributed by atoms with Gasteiger partial charge in [0.1, 0.15) is 12.2 Å².